The Bertz CT molecular complexity index is 539. The van der Waals surface area contributed by atoms with E-state index in [4.69, 9.17) is 4.98 Å². The van der Waals surface area contributed by atoms with E-state index in [1.165, 1.54) is 0 Å². The normalized spacial score (nSPS) is 13.3. The van der Waals surface area contributed by atoms with E-state index in [9.17, 15) is 0 Å². The zero-order valence-electron chi connectivity index (χ0n) is 11.5. The van der Waals surface area contributed by atoms with Gasteiger partial charge in [0.1, 0.15) is 5.82 Å². The summed E-state index contributed by atoms with van der Waals surface area (Å²) in [4.78, 5) is 12.7. The lowest BCUT2D eigenvalue weighted by Gasteiger charge is -2.23. The van der Waals surface area contributed by atoms with Crippen molar-refractivity contribution in [1.82, 2.24) is 15.0 Å². The molecular formula is C14H21N3. The average molecular weight is 231 g/mol. The molecule has 2 aromatic rings. The second-order valence-electron chi connectivity index (χ2n) is 6.63. The molecule has 0 aliphatic carbocycles. The largest absolute Gasteiger partial charge is 0.358 e. The molecular weight excluding hydrogens is 210 g/mol. The molecule has 1 N–H and O–H groups in total. The van der Waals surface area contributed by atoms with E-state index >= 15 is 0 Å². The third-order valence-corrected chi connectivity index (χ3v) is 2.79. The van der Waals surface area contributed by atoms with Crippen LogP contribution in [0.15, 0.2) is 12.3 Å². The number of nitrogens with one attached hydrogen (secondary N) is 1. The van der Waals surface area contributed by atoms with Crippen LogP contribution >= 0.6 is 0 Å². The van der Waals surface area contributed by atoms with Crippen molar-refractivity contribution in [3.05, 3.63) is 23.8 Å². The lowest BCUT2D eigenvalue weighted by Crippen LogP contribution is -2.22. The lowest BCUT2D eigenvalue weighted by molar-refractivity contribution is 0.519. The molecule has 0 atom stereocenters. The smallest absolute Gasteiger partial charge is 0.134 e. The molecule has 2 heterocycles. The molecule has 92 valence electrons. The first kappa shape index (κ1) is 12.1. The van der Waals surface area contributed by atoms with Crippen molar-refractivity contribution >= 4 is 11.0 Å². The van der Waals surface area contributed by atoms with Crippen LogP contribution in [0.3, 0.4) is 0 Å². The van der Waals surface area contributed by atoms with Gasteiger partial charge in [-0.2, -0.15) is 0 Å². The van der Waals surface area contributed by atoms with Crippen LogP contribution in [0.1, 0.15) is 53.1 Å². The molecule has 17 heavy (non-hydrogen) atoms. The van der Waals surface area contributed by atoms with Crippen molar-refractivity contribution in [2.75, 3.05) is 0 Å². The summed E-state index contributed by atoms with van der Waals surface area (Å²) in [5, 5.41) is 0. The molecule has 0 saturated heterocycles. The minimum absolute atomic E-state index is 0.0199. The van der Waals surface area contributed by atoms with Gasteiger partial charge in [0.25, 0.3) is 0 Å². The molecule has 0 aliphatic rings. The highest BCUT2D eigenvalue weighted by molar-refractivity contribution is 5.78. The fourth-order valence-electron chi connectivity index (χ4n) is 1.82. The van der Waals surface area contributed by atoms with Gasteiger partial charge in [-0.05, 0) is 6.07 Å². The Morgan fingerprint density at radius 3 is 2.12 bits per heavy atom. The number of aromatic nitrogens is 3. The lowest BCUT2D eigenvalue weighted by atomic mass is 9.89. The first-order valence-electron chi connectivity index (χ1n) is 6.06. The van der Waals surface area contributed by atoms with E-state index in [1.807, 2.05) is 12.3 Å². The Labute approximate surface area is 103 Å². The maximum atomic E-state index is 4.77. The Morgan fingerprint density at radius 1 is 0.941 bits per heavy atom. The van der Waals surface area contributed by atoms with Gasteiger partial charge in [0, 0.05) is 17.0 Å². The van der Waals surface area contributed by atoms with Gasteiger partial charge < -0.3 is 4.98 Å². The topological polar surface area (TPSA) is 41.6 Å². The highest BCUT2D eigenvalue weighted by Crippen LogP contribution is 2.29. The van der Waals surface area contributed by atoms with Gasteiger partial charge in [-0.25, -0.2) is 9.97 Å². The van der Waals surface area contributed by atoms with Crippen molar-refractivity contribution in [1.29, 1.82) is 0 Å². The first-order valence-corrected chi connectivity index (χ1v) is 6.06. The summed E-state index contributed by atoms with van der Waals surface area (Å²) >= 11 is 0. The molecule has 3 heteroatoms. The van der Waals surface area contributed by atoms with E-state index in [-0.39, 0.29) is 10.8 Å². The number of fused-ring (bicyclic) bond motifs is 1. The molecule has 0 aliphatic heterocycles. The van der Waals surface area contributed by atoms with Crippen LogP contribution in [0, 0.1) is 0 Å². The highest BCUT2D eigenvalue weighted by atomic mass is 14.9. The molecule has 0 saturated carbocycles. The van der Waals surface area contributed by atoms with Crippen molar-refractivity contribution < 1.29 is 0 Å². The van der Waals surface area contributed by atoms with Crippen molar-refractivity contribution in [2.24, 2.45) is 0 Å². The van der Waals surface area contributed by atoms with Gasteiger partial charge in [-0.3, -0.25) is 0 Å². The fraction of sp³-hybridized carbons (Fsp3) is 0.571. The predicted molar refractivity (Wildman–Crippen MR) is 71.3 cm³/mol. The summed E-state index contributed by atoms with van der Waals surface area (Å²) in [6.45, 7) is 13.0. The number of nitrogens with zero attached hydrogens (tertiary/aromatic N) is 2. The molecule has 0 unspecified atom stereocenters. The standard InChI is InChI=1S/C14H21N3/c1-13(2,3)11-10-9(7-8-15-10)16-12(17-11)14(4,5)6/h7-8,15H,1-6H3. The summed E-state index contributed by atoms with van der Waals surface area (Å²) in [6, 6.07) is 2.02. The molecule has 0 aromatic carbocycles. The van der Waals surface area contributed by atoms with E-state index in [1.54, 1.807) is 0 Å². The number of rotatable bonds is 0. The maximum absolute atomic E-state index is 4.77. The number of hydrogen-bond donors (Lipinski definition) is 1. The minimum Gasteiger partial charge on any atom is -0.358 e. The molecule has 0 spiro atoms. The Hall–Kier alpha value is -1.38. The van der Waals surface area contributed by atoms with E-state index < -0.39 is 0 Å². The summed E-state index contributed by atoms with van der Waals surface area (Å²) in [5.74, 6) is 0.912. The zero-order valence-corrected chi connectivity index (χ0v) is 11.5. The summed E-state index contributed by atoms with van der Waals surface area (Å²) in [7, 11) is 0. The average Bonchev–Trinajstić information content (AvgIpc) is 2.59. The van der Waals surface area contributed by atoms with Gasteiger partial charge in [0.2, 0.25) is 0 Å². The number of aromatic amines is 1. The van der Waals surface area contributed by atoms with Gasteiger partial charge in [-0.15, -0.1) is 0 Å². The predicted octanol–water partition coefficient (Wildman–Crippen LogP) is 3.55. The summed E-state index contributed by atoms with van der Waals surface area (Å²) < 4.78 is 0. The SMILES string of the molecule is CC(C)(C)c1nc(C(C)(C)C)c2[nH]ccc2n1. The van der Waals surface area contributed by atoms with E-state index in [0.29, 0.717) is 0 Å². The molecule has 0 radical (unpaired) electrons. The molecule has 0 fully saturated rings. The third kappa shape index (κ3) is 2.19. The summed E-state index contributed by atoms with van der Waals surface area (Å²) in [5.41, 5.74) is 3.16. The second-order valence-corrected chi connectivity index (χ2v) is 6.63. The van der Waals surface area contributed by atoms with Gasteiger partial charge in [-0.1, -0.05) is 41.5 Å². The first-order chi connectivity index (χ1) is 7.69. The molecule has 2 aromatic heterocycles. The van der Waals surface area contributed by atoms with Crippen LogP contribution in [-0.2, 0) is 10.8 Å². The van der Waals surface area contributed by atoms with Crippen LogP contribution in [0.25, 0.3) is 11.0 Å². The van der Waals surface area contributed by atoms with Crippen LogP contribution in [0.5, 0.6) is 0 Å². The minimum atomic E-state index is -0.0224. The van der Waals surface area contributed by atoms with Crippen molar-refractivity contribution in [3.63, 3.8) is 0 Å². The van der Waals surface area contributed by atoms with E-state index in [2.05, 4.69) is 51.5 Å². The monoisotopic (exact) mass is 231 g/mol. The quantitative estimate of drug-likeness (QED) is 0.753. The van der Waals surface area contributed by atoms with Gasteiger partial charge in [0.15, 0.2) is 0 Å². The van der Waals surface area contributed by atoms with E-state index in [0.717, 1.165) is 22.6 Å². The van der Waals surface area contributed by atoms with Crippen LogP contribution < -0.4 is 0 Å². The van der Waals surface area contributed by atoms with Crippen molar-refractivity contribution in [3.8, 4) is 0 Å². The number of H-pyrrole nitrogens is 1. The zero-order chi connectivity index (χ0) is 12.8. The second kappa shape index (κ2) is 3.56. The van der Waals surface area contributed by atoms with Crippen LogP contribution in [-0.4, -0.2) is 15.0 Å². The van der Waals surface area contributed by atoms with Gasteiger partial charge in [0.05, 0.1) is 16.7 Å². The van der Waals surface area contributed by atoms with Crippen LogP contribution in [0.2, 0.25) is 0 Å². The highest BCUT2D eigenvalue weighted by Gasteiger charge is 2.25. The van der Waals surface area contributed by atoms with Gasteiger partial charge >= 0.3 is 0 Å². The Morgan fingerprint density at radius 2 is 1.59 bits per heavy atom. The van der Waals surface area contributed by atoms with Crippen LogP contribution in [0.4, 0.5) is 0 Å². The molecule has 2 rings (SSSR count). The Kier molecular flexibility index (Phi) is 2.53. The summed E-state index contributed by atoms with van der Waals surface area (Å²) in [6.07, 6.45) is 1.93. The number of hydrogen-bond acceptors (Lipinski definition) is 2. The molecule has 0 amide bonds. The maximum Gasteiger partial charge on any atom is 0.134 e. The Balaban J connectivity index is 2.76. The third-order valence-electron chi connectivity index (χ3n) is 2.79. The van der Waals surface area contributed by atoms with Crippen molar-refractivity contribution in [2.45, 2.75) is 52.4 Å². The molecule has 0 bridgehead atoms. The molecule has 3 nitrogen and oxygen atoms in total. The fourth-order valence-corrected chi connectivity index (χ4v) is 1.82.